The molecule has 0 unspecified atom stereocenters. The maximum absolute atomic E-state index is 9.56. The van der Waals surface area contributed by atoms with Crippen LogP contribution in [0, 0.1) is 0 Å². The lowest BCUT2D eigenvalue weighted by Gasteiger charge is -2.30. The van der Waals surface area contributed by atoms with E-state index in [0.717, 1.165) is 25.9 Å². The van der Waals surface area contributed by atoms with Gasteiger partial charge in [0.1, 0.15) is 0 Å². The van der Waals surface area contributed by atoms with Crippen LogP contribution in [0.5, 0.6) is 0 Å². The first-order valence-corrected chi connectivity index (χ1v) is 6.23. The zero-order valence-corrected chi connectivity index (χ0v) is 10.4. The summed E-state index contributed by atoms with van der Waals surface area (Å²) < 4.78 is 0. The average molecular weight is 221 g/mol. The van der Waals surface area contributed by atoms with Crippen LogP contribution in [0.4, 0.5) is 0 Å². The standard InChI is InChI=1S/C14H23NO/c1-3-10-15(11-4-2)14(12-16)13-8-6-5-7-9-13/h5-9,14,16H,3-4,10-12H2,1-2H3/t14-/m1/s1. The molecule has 1 aromatic rings. The zero-order valence-electron chi connectivity index (χ0n) is 10.4. The van der Waals surface area contributed by atoms with Crippen LogP contribution in [0.15, 0.2) is 30.3 Å². The van der Waals surface area contributed by atoms with Gasteiger partial charge < -0.3 is 5.11 Å². The molecule has 0 aliphatic rings. The molecule has 1 atom stereocenters. The molecule has 2 heteroatoms. The topological polar surface area (TPSA) is 23.5 Å². The van der Waals surface area contributed by atoms with Gasteiger partial charge in [0.25, 0.3) is 0 Å². The third kappa shape index (κ3) is 3.62. The summed E-state index contributed by atoms with van der Waals surface area (Å²) in [6.45, 7) is 6.66. The summed E-state index contributed by atoms with van der Waals surface area (Å²) in [5.74, 6) is 0. The van der Waals surface area contributed by atoms with Gasteiger partial charge in [-0.15, -0.1) is 0 Å². The monoisotopic (exact) mass is 221 g/mol. The average Bonchev–Trinajstić information content (AvgIpc) is 2.32. The molecule has 2 nitrogen and oxygen atoms in total. The molecule has 0 aliphatic heterocycles. The van der Waals surface area contributed by atoms with Gasteiger partial charge in [-0.05, 0) is 31.5 Å². The van der Waals surface area contributed by atoms with Crippen LogP contribution in [0.2, 0.25) is 0 Å². The van der Waals surface area contributed by atoms with Crippen LogP contribution in [0.3, 0.4) is 0 Å². The summed E-state index contributed by atoms with van der Waals surface area (Å²) in [6.07, 6.45) is 2.26. The highest BCUT2D eigenvalue weighted by molar-refractivity contribution is 5.19. The highest BCUT2D eigenvalue weighted by Gasteiger charge is 2.17. The molecular weight excluding hydrogens is 198 g/mol. The van der Waals surface area contributed by atoms with Gasteiger partial charge in [-0.3, -0.25) is 4.90 Å². The second-order valence-electron chi connectivity index (χ2n) is 4.15. The molecule has 0 radical (unpaired) electrons. The SMILES string of the molecule is CCCN(CCC)[C@H](CO)c1ccccc1. The van der Waals surface area contributed by atoms with Crippen molar-refractivity contribution in [1.29, 1.82) is 0 Å². The summed E-state index contributed by atoms with van der Waals surface area (Å²) in [5, 5.41) is 9.56. The highest BCUT2D eigenvalue weighted by Crippen LogP contribution is 2.20. The maximum atomic E-state index is 9.56. The van der Waals surface area contributed by atoms with Crippen molar-refractivity contribution in [2.75, 3.05) is 19.7 Å². The second kappa shape index (κ2) is 7.42. The van der Waals surface area contributed by atoms with E-state index in [4.69, 9.17) is 0 Å². The first-order valence-electron chi connectivity index (χ1n) is 6.23. The van der Waals surface area contributed by atoms with E-state index < -0.39 is 0 Å². The van der Waals surface area contributed by atoms with Crippen LogP contribution in [-0.2, 0) is 0 Å². The van der Waals surface area contributed by atoms with Gasteiger partial charge in [0.05, 0.1) is 12.6 Å². The zero-order chi connectivity index (χ0) is 11.8. The smallest absolute Gasteiger partial charge is 0.0628 e. The number of nitrogens with zero attached hydrogens (tertiary/aromatic N) is 1. The lowest BCUT2D eigenvalue weighted by Crippen LogP contribution is -2.32. The second-order valence-corrected chi connectivity index (χ2v) is 4.15. The Kier molecular flexibility index (Phi) is 6.12. The molecule has 0 fully saturated rings. The van der Waals surface area contributed by atoms with Gasteiger partial charge in [0.2, 0.25) is 0 Å². The molecule has 0 aromatic heterocycles. The van der Waals surface area contributed by atoms with Gasteiger partial charge in [0, 0.05) is 0 Å². The van der Waals surface area contributed by atoms with Crippen LogP contribution in [-0.4, -0.2) is 29.7 Å². The van der Waals surface area contributed by atoms with Gasteiger partial charge in [-0.1, -0.05) is 44.2 Å². The number of hydrogen-bond acceptors (Lipinski definition) is 2. The Morgan fingerprint density at radius 2 is 1.62 bits per heavy atom. The molecule has 1 N–H and O–H groups in total. The van der Waals surface area contributed by atoms with Gasteiger partial charge in [-0.25, -0.2) is 0 Å². The Morgan fingerprint density at radius 1 is 1.06 bits per heavy atom. The van der Waals surface area contributed by atoms with Crippen molar-refractivity contribution in [3.8, 4) is 0 Å². The van der Waals surface area contributed by atoms with Crippen LogP contribution in [0.25, 0.3) is 0 Å². The minimum absolute atomic E-state index is 0.154. The highest BCUT2D eigenvalue weighted by atomic mass is 16.3. The van der Waals surface area contributed by atoms with Crippen LogP contribution in [0.1, 0.15) is 38.3 Å². The minimum Gasteiger partial charge on any atom is -0.394 e. The van der Waals surface area contributed by atoms with Crippen LogP contribution >= 0.6 is 0 Å². The van der Waals surface area contributed by atoms with E-state index in [-0.39, 0.29) is 12.6 Å². The number of aliphatic hydroxyl groups excluding tert-OH is 1. The molecule has 0 heterocycles. The molecule has 0 amide bonds. The summed E-state index contributed by atoms with van der Waals surface area (Å²) in [4.78, 5) is 2.37. The molecule has 0 spiro atoms. The normalized spacial score (nSPS) is 13.0. The predicted octanol–water partition coefficient (Wildman–Crippen LogP) is 2.84. The summed E-state index contributed by atoms with van der Waals surface area (Å²) >= 11 is 0. The van der Waals surface area contributed by atoms with E-state index in [9.17, 15) is 5.11 Å². The van der Waals surface area contributed by atoms with Crippen molar-refractivity contribution >= 4 is 0 Å². The molecule has 0 saturated heterocycles. The molecule has 0 saturated carbocycles. The van der Waals surface area contributed by atoms with E-state index in [1.54, 1.807) is 0 Å². The van der Waals surface area contributed by atoms with Crippen molar-refractivity contribution < 1.29 is 5.11 Å². The van der Waals surface area contributed by atoms with Gasteiger partial charge >= 0.3 is 0 Å². The number of rotatable bonds is 7. The van der Waals surface area contributed by atoms with E-state index >= 15 is 0 Å². The van der Waals surface area contributed by atoms with E-state index in [0.29, 0.717) is 0 Å². The summed E-state index contributed by atoms with van der Waals surface area (Å²) in [5.41, 5.74) is 1.21. The quantitative estimate of drug-likeness (QED) is 0.765. The Balaban J connectivity index is 2.77. The summed E-state index contributed by atoms with van der Waals surface area (Å²) in [7, 11) is 0. The summed E-state index contributed by atoms with van der Waals surface area (Å²) in [6, 6.07) is 10.4. The molecule has 1 aromatic carbocycles. The molecule has 1 rings (SSSR count). The molecular formula is C14H23NO. The van der Waals surface area contributed by atoms with E-state index in [1.165, 1.54) is 5.56 Å². The Labute approximate surface area is 98.9 Å². The maximum Gasteiger partial charge on any atom is 0.0628 e. The van der Waals surface area contributed by atoms with Gasteiger partial charge in [-0.2, -0.15) is 0 Å². The first kappa shape index (κ1) is 13.2. The lowest BCUT2D eigenvalue weighted by molar-refractivity contribution is 0.123. The molecule has 90 valence electrons. The Hall–Kier alpha value is -0.860. The number of benzene rings is 1. The van der Waals surface area contributed by atoms with Crippen molar-refractivity contribution in [2.24, 2.45) is 0 Å². The predicted molar refractivity (Wildman–Crippen MR) is 68.4 cm³/mol. The van der Waals surface area contributed by atoms with Gasteiger partial charge in [0.15, 0.2) is 0 Å². The van der Waals surface area contributed by atoms with Crippen molar-refractivity contribution in [1.82, 2.24) is 4.90 Å². The van der Waals surface area contributed by atoms with Crippen LogP contribution < -0.4 is 0 Å². The largest absolute Gasteiger partial charge is 0.394 e. The third-order valence-corrected chi connectivity index (χ3v) is 2.82. The molecule has 0 bridgehead atoms. The fraction of sp³-hybridized carbons (Fsp3) is 0.571. The number of aliphatic hydroxyl groups is 1. The van der Waals surface area contributed by atoms with Crippen molar-refractivity contribution in [3.05, 3.63) is 35.9 Å². The van der Waals surface area contributed by atoms with Crippen molar-refractivity contribution in [2.45, 2.75) is 32.7 Å². The Morgan fingerprint density at radius 3 is 2.06 bits per heavy atom. The molecule has 0 aliphatic carbocycles. The van der Waals surface area contributed by atoms with E-state index in [2.05, 4.69) is 30.9 Å². The van der Waals surface area contributed by atoms with E-state index in [1.807, 2.05) is 18.2 Å². The van der Waals surface area contributed by atoms with Crippen molar-refractivity contribution in [3.63, 3.8) is 0 Å². The molecule has 16 heavy (non-hydrogen) atoms. The Bertz CT molecular complexity index is 267. The first-order chi connectivity index (χ1) is 7.83. The fourth-order valence-corrected chi connectivity index (χ4v) is 2.10. The fourth-order valence-electron chi connectivity index (χ4n) is 2.10. The number of hydrogen-bond donors (Lipinski definition) is 1. The lowest BCUT2D eigenvalue weighted by atomic mass is 10.1. The minimum atomic E-state index is 0.154. The third-order valence-electron chi connectivity index (χ3n) is 2.82.